The van der Waals surface area contributed by atoms with Gasteiger partial charge in [0, 0.05) is 24.7 Å². The molecule has 0 bridgehead atoms. The summed E-state index contributed by atoms with van der Waals surface area (Å²) in [4.78, 5) is 10.2. The molecule has 0 heterocycles. The van der Waals surface area contributed by atoms with E-state index in [2.05, 4.69) is 10.0 Å². The van der Waals surface area contributed by atoms with Crippen molar-refractivity contribution in [2.24, 2.45) is 0 Å². The van der Waals surface area contributed by atoms with Crippen LogP contribution in [0.15, 0.2) is 23.1 Å². The highest BCUT2D eigenvalue weighted by Gasteiger charge is 2.22. The summed E-state index contributed by atoms with van der Waals surface area (Å²) < 4.78 is 26.6. The van der Waals surface area contributed by atoms with Gasteiger partial charge in [-0.25, -0.2) is 13.1 Å². The molecule has 0 spiro atoms. The lowest BCUT2D eigenvalue weighted by Crippen LogP contribution is -2.32. The Kier molecular flexibility index (Phi) is 8.41. The summed E-state index contributed by atoms with van der Waals surface area (Å²) in [6.45, 7) is 5.02. The maximum Gasteiger partial charge on any atom is 0.273 e. The zero-order valence-electron chi connectivity index (χ0n) is 12.0. The quantitative estimate of drug-likeness (QED) is 0.426. The van der Waals surface area contributed by atoms with Crippen LogP contribution < -0.4 is 10.0 Å². The standard InChI is InChI=1S/C12H19N3O4S.ClH/c1-3-7-13-8-9-14-20(18,19)12-6-4-5-11(10(12)2)15(16)17;/h4-6,13-14H,3,7-9H2,1-2H3;1H. The minimum Gasteiger partial charge on any atom is -0.315 e. The van der Waals surface area contributed by atoms with Gasteiger partial charge in [-0.05, 0) is 26.0 Å². The number of nitrogens with one attached hydrogen (secondary N) is 2. The Balaban J connectivity index is 0.00000400. The van der Waals surface area contributed by atoms with E-state index in [9.17, 15) is 18.5 Å². The zero-order chi connectivity index (χ0) is 15.2. The second-order valence-electron chi connectivity index (χ2n) is 4.31. The van der Waals surface area contributed by atoms with Gasteiger partial charge in [0.2, 0.25) is 10.0 Å². The first-order chi connectivity index (χ1) is 9.40. The Morgan fingerprint density at radius 2 is 1.90 bits per heavy atom. The molecule has 21 heavy (non-hydrogen) atoms. The number of sulfonamides is 1. The molecule has 7 nitrogen and oxygen atoms in total. The van der Waals surface area contributed by atoms with Crippen molar-refractivity contribution in [1.29, 1.82) is 0 Å². The molecule has 0 atom stereocenters. The van der Waals surface area contributed by atoms with Gasteiger partial charge in [-0.15, -0.1) is 12.4 Å². The maximum absolute atomic E-state index is 12.1. The van der Waals surface area contributed by atoms with E-state index in [1.54, 1.807) is 0 Å². The number of rotatable bonds is 8. The van der Waals surface area contributed by atoms with E-state index in [0.29, 0.717) is 6.54 Å². The molecular weight excluding hydrogens is 318 g/mol. The SMILES string of the molecule is CCCNCCNS(=O)(=O)c1cccc([N+](=O)[O-])c1C.Cl. The number of nitrogens with zero attached hydrogens (tertiary/aromatic N) is 1. The van der Waals surface area contributed by atoms with Crippen LogP contribution in [0.3, 0.4) is 0 Å². The minimum atomic E-state index is -3.73. The van der Waals surface area contributed by atoms with Crippen molar-refractivity contribution in [3.63, 3.8) is 0 Å². The van der Waals surface area contributed by atoms with Crippen molar-refractivity contribution in [2.75, 3.05) is 19.6 Å². The largest absolute Gasteiger partial charge is 0.315 e. The average molecular weight is 338 g/mol. The van der Waals surface area contributed by atoms with Gasteiger partial charge in [0.05, 0.1) is 9.82 Å². The summed E-state index contributed by atoms with van der Waals surface area (Å²) in [6, 6.07) is 4.02. The van der Waals surface area contributed by atoms with Crippen LogP contribution in [0, 0.1) is 17.0 Å². The number of nitro groups is 1. The van der Waals surface area contributed by atoms with Crippen LogP contribution >= 0.6 is 12.4 Å². The zero-order valence-corrected chi connectivity index (χ0v) is 13.6. The van der Waals surface area contributed by atoms with Crippen LogP contribution in [0.25, 0.3) is 0 Å². The van der Waals surface area contributed by atoms with Crippen LogP contribution in [-0.2, 0) is 10.0 Å². The lowest BCUT2D eigenvalue weighted by Gasteiger charge is -2.09. The van der Waals surface area contributed by atoms with Gasteiger partial charge in [-0.3, -0.25) is 10.1 Å². The van der Waals surface area contributed by atoms with Gasteiger partial charge in [0.15, 0.2) is 0 Å². The molecule has 0 unspecified atom stereocenters. The highest BCUT2D eigenvalue weighted by atomic mass is 35.5. The van der Waals surface area contributed by atoms with Gasteiger partial charge in [-0.2, -0.15) is 0 Å². The lowest BCUT2D eigenvalue weighted by atomic mass is 10.2. The van der Waals surface area contributed by atoms with Crippen LogP contribution in [-0.4, -0.2) is 33.0 Å². The highest BCUT2D eigenvalue weighted by molar-refractivity contribution is 7.89. The molecule has 2 N–H and O–H groups in total. The monoisotopic (exact) mass is 337 g/mol. The third-order valence-corrected chi connectivity index (χ3v) is 4.37. The second-order valence-corrected chi connectivity index (χ2v) is 6.04. The van der Waals surface area contributed by atoms with Crippen LogP contribution in [0.2, 0.25) is 0 Å². The Hall–Kier alpha value is -1.22. The Bertz CT molecular complexity index is 578. The maximum atomic E-state index is 12.1. The smallest absolute Gasteiger partial charge is 0.273 e. The van der Waals surface area contributed by atoms with Crippen molar-refractivity contribution < 1.29 is 13.3 Å². The van der Waals surface area contributed by atoms with Gasteiger partial charge >= 0.3 is 0 Å². The van der Waals surface area contributed by atoms with E-state index in [-0.39, 0.29) is 35.1 Å². The number of benzene rings is 1. The number of nitro benzene ring substituents is 1. The van der Waals surface area contributed by atoms with Gasteiger partial charge in [0.25, 0.3) is 5.69 Å². The first kappa shape index (κ1) is 19.8. The molecule has 9 heteroatoms. The van der Waals surface area contributed by atoms with Gasteiger partial charge in [0.1, 0.15) is 0 Å². The fourth-order valence-electron chi connectivity index (χ4n) is 1.75. The van der Waals surface area contributed by atoms with Crippen LogP contribution in [0.1, 0.15) is 18.9 Å². The van der Waals surface area contributed by atoms with E-state index in [1.807, 2.05) is 6.92 Å². The molecule has 0 amide bonds. The fourth-order valence-corrected chi connectivity index (χ4v) is 3.04. The molecule has 0 aliphatic carbocycles. The van der Waals surface area contributed by atoms with Crippen molar-refractivity contribution in [2.45, 2.75) is 25.2 Å². The van der Waals surface area contributed by atoms with E-state index >= 15 is 0 Å². The van der Waals surface area contributed by atoms with Crippen LogP contribution in [0.4, 0.5) is 5.69 Å². The summed E-state index contributed by atoms with van der Waals surface area (Å²) in [5, 5.41) is 13.9. The first-order valence-electron chi connectivity index (χ1n) is 6.34. The Morgan fingerprint density at radius 3 is 2.48 bits per heavy atom. The molecule has 1 aromatic carbocycles. The number of hydrogen-bond acceptors (Lipinski definition) is 5. The minimum absolute atomic E-state index is 0. The predicted molar refractivity (Wildman–Crippen MR) is 83.4 cm³/mol. The predicted octanol–water partition coefficient (Wildman–Crippen LogP) is 1.60. The van der Waals surface area contributed by atoms with E-state index in [4.69, 9.17) is 0 Å². The summed E-state index contributed by atoms with van der Waals surface area (Å²) in [5.74, 6) is 0. The molecule has 0 fully saturated rings. The normalized spacial score (nSPS) is 11.0. The van der Waals surface area contributed by atoms with Gasteiger partial charge in [-0.1, -0.05) is 13.0 Å². The van der Waals surface area contributed by atoms with E-state index < -0.39 is 14.9 Å². The van der Waals surface area contributed by atoms with Gasteiger partial charge < -0.3 is 5.32 Å². The molecule has 0 radical (unpaired) electrons. The second kappa shape index (κ2) is 8.93. The van der Waals surface area contributed by atoms with E-state index in [1.165, 1.54) is 25.1 Å². The van der Waals surface area contributed by atoms with E-state index in [0.717, 1.165) is 13.0 Å². The van der Waals surface area contributed by atoms with Crippen LogP contribution in [0.5, 0.6) is 0 Å². The third-order valence-electron chi connectivity index (χ3n) is 2.76. The molecular formula is C12H20ClN3O4S. The summed E-state index contributed by atoms with van der Waals surface area (Å²) in [5.41, 5.74) is -0.0523. The Morgan fingerprint density at radius 1 is 1.24 bits per heavy atom. The molecule has 1 aromatic rings. The summed E-state index contributed by atoms with van der Waals surface area (Å²) in [6.07, 6.45) is 0.969. The molecule has 0 saturated heterocycles. The Labute approximate surface area is 130 Å². The number of halogens is 1. The first-order valence-corrected chi connectivity index (χ1v) is 7.83. The fraction of sp³-hybridized carbons (Fsp3) is 0.500. The molecule has 0 aliphatic heterocycles. The molecule has 120 valence electrons. The summed E-state index contributed by atoms with van der Waals surface area (Å²) in [7, 11) is -3.73. The number of hydrogen-bond donors (Lipinski definition) is 2. The van der Waals surface area contributed by atoms with Crippen molar-refractivity contribution in [1.82, 2.24) is 10.0 Å². The molecule has 1 rings (SSSR count). The topological polar surface area (TPSA) is 101 Å². The molecule has 0 saturated carbocycles. The lowest BCUT2D eigenvalue weighted by molar-refractivity contribution is -0.385. The van der Waals surface area contributed by atoms with Crippen molar-refractivity contribution in [3.05, 3.63) is 33.9 Å². The molecule has 0 aromatic heterocycles. The molecule has 0 aliphatic rings. The van der Waals surface area contributed by atoms with Crippen molar-refractivity contribution >= 4 is 28.1 Å². The summed E-state index contributed by atoms with van der Waals surface area (Å²) >= 11 is 0. The third kappa shape index (κ3) is 5.58. The highest BCUT2D eigenvalue weighted by Crippen LogP contribution is 2.24. The average Bonchev–Trinajstić information content (AvgIpc) is 2.38. The van der Waals surface area contributed by atoms with Crippen molar-refractivity contribution in [3.8, 4) is 0 Å².